The van der Waals surface area contributed by atoms with Crippen LogP contribution in [-0.4, -0.2) is 0 Å². The Morgan fingerprint density at radius 1 is 0.500 bits per heavy atom. The van der Waals surface area contributed by atoms with Crippen molar-refractivity contribution in [2.45, 2.75) is 0 Å². The Balaban J connectivity index is -0.0000000556. The molecule has 0 saturated carbocycles. The first kappa shape index (κ1) is 24.3. The van der Waals surface area contributed by atoms with E-state index < -0.39 is 0 Å². The fourth-order valence-electron chi connectivity index (χ4n) is 0.642. The van der Waals surface area contributed by atoms with E-state index in [0.29, 0.717) is 0 Å². The van der Waals surface area contributed by atoms with Crippen LogP contribution in [0.15, 0.2) is 60.7 Å². The molecule has 0 unspecified atom stereocenters. The average Bonchev–Trinajstić information content (AvgIpc) is 2.67. The van der Waals surface area contributed by atoms with Crippen molar-refractivity contribution in [1.82, 2.24) is 0 Å². The molecule has 1 radical (unpaired) electrons. The van der Waals surface area contributed by atoms with Crippen LogP contribution in [0.3, 0.4) is 0 Å². The fourth-order valence-corrected chi connectivity index (χ4v) is 0.642. The van der Waals surface area contributed by atoms with Gasteiger partial charge in [-0.15, -0.1) is 0 Å². The van der Waals surface area contributed by atoms with Crippen molar-refractivity contribution in [3.8, 4) is 0 Å². The van der Waals surface area contributed by atoms with E-state index in [2.05, 4.69) is 0 Å². The standard InChI is InChI=1S/2C5H5.Co.3Ru/c2*1-2-4-5-3-1;;;;/h2*1-5H;;;;/q2*-1;+2;;;. The molecular formula is C10H10CoRu3. The third-order valence-electron chi connectivity index (χ3n) is 1.11. The molecule has 2 aromatic rings. The van der Waals surface area contributed by atoms with Gasteiger partial charge in [-0.3, -0.25) is 0 Å². The van der Waals surface area contributed by atoms with Crippen LogP contribution < -0.4 is 0 Å². The maximum absolute atomic E-state index is 2.00. The monoisotopic (exact) mass is 495 g/mol. The van der Waals surface area contributed by atoms with E-state index in [1.54, 1.807) is 0 Å². The van der Waals surface area contributed by atoms with Crippen molar-refractivity contribution in [3.63, 3.8) is 0 Å². The molecule has 0 fully saturated rings. The predicted octanol–water partition coefficient (Wildman–Crippen LogP) is 2.80. The molecule has 83 valence electrons. The van der Waals surface area contributed by atoms with E-state index >= 15 is 0 Å². The molecule has 0 bridgehead atoms. The third kappa shape index (κ3) is 15.5. The zero-order chi connectivity index (χ0) is 7.07. The molecule has 0 aliphatic carbocycles. The van der Waals surface area contributed by atoms with Crippen LogP contribution in [0.4, 0.5) is 0 Å². The van der Waals surface area contributed by atoms with E-state index in [0.717, 1.165) is 0 Å². The molecule has 2 rings (SSSR count). The average molecular weight is 492 g/mol. The largest absolute Gasteiger partial charge is 2.00 e. The normalized spacial score (nSPS) is 5.71. The minimum Gasteiger partial charge on any atom is -0.214 e. The summed E-state index contributed by atoms with van der Waals surface area (Å²) in [5.74, 6) is 0. The summed E-state index contributed by atoms with van der Waals surface area (Å²) in [6.07, 6.45) is 0. The van der Waals surface area contributed by atoms with Gasteiger partial charge in [0, 0.05) is 58.4 Å². The zero-order valence-corrected chi connectivity index (χ0v) is 13.4. The number of hydrogen-bond acceptors (Lipinski definition) is 0. The second-order valence-electron chi connectivity index (χ2n) is 1.92. The Kier molecular flexibility index (Phi) is 34.1. The summed E-state index contributed by atoms with van der Waals surface area (Å²) in [6, 6.07) is 20.0. The summed E-state index contributed by atoms with van der Waals surface area (Å²) in [7, 11) is 0. The second-order valence-corrected chi connectivity index (χ2v) is 1.92. The van der Waals surface area contributed by atoms with E-state index in [4.69, 9.17) is 0 Å². The second kappa shape index (κ2) is 19.6. The van der Waals surface area contributed by atoms with Gasteiger partial charge in [0.15, 0.2) is 0 Å². The smallest absolute Gasteiger partial charge is 0.214 e. The van der Waals surface area contributed by atoms with Crippen LogP contribution in [0.2, 0.25) is 0 Å². The topological polar surface area (TPSA) is 0 Å². The van der Waals surface area contributed by atoms with Crippen LogP contribution >= 0.6 is 0 Å². The van der Waals surface area contributed by atoms with Gasteiger partial charge in [0.2, 0.25) is 0 Å². The van der Waals surface area contributed by atoms with Gasteiger partial charge in [-0.1, -0.05) is 0 Å². The van der Waals surface area contributed by atoms with Crippen molar-refractivity contribution < 1.29 is 75.2 Å². The Hall–Kier alpha value is 1.08. The SMILES string of the molecule is [Co+2].[Ru].[Ru].[Ru].c1cc[cH-]c1.c1cc[cH-]c1. The van der Waals surface area contributed by atoms with Gasteiger partial charge in [0.1, 0.15) is 0 Å². The Bertz CT molecular complexity index is 155. The summed E-state index contributed by atoms with van der Waals surface area (Å²) >= 11 is 0. The van der Waals surface area contributed by atoms with Gasteiger partial charge in [-0.2, -0.15) is 36.4 Å². The molecule has 0 saturated heterocycles. The van der Waals surface area contributed by atoms with Crippen molar-refractivity contribution in [2.75, 3.05) is 0 Å². The van der Waals surface area contributed by atoms with Crippen LogP contribution in [0.25, 0.3) is 0 Å². The summed E-state index contributed by atoms with van der Waals surface area (Å²) in [4.78, 5) is 0. The van der Waals surface area contributed by atoms with E-state index in [1.165, 1.54) is 0 Å². The first-order valence-corrected chi connectivity index (χ1v) is 3.33. The molecule has 4 heteroatoms. The molecule has 0 aromatic heterocycles. The first-order valence-electron chi connectivity index (χ1n) is 3.33. The van der Waals surface area contributed by atoms with Crippen LogP contribution in [-0.2, 0) is 75.2 Å². The third-order valence-corrected chi connectivity index (χ3v) is 1.11. The van der Waals surface area contributed by atoms with Crippen LogP contribution in [0, 0.1) is 0 Å². The molecule has 0 aliphatic heterocycles. The number of rotatable bonds is 0. The van der Waals surface area contributed by atoms with Gasteiger partial charge in [-0.25, -0.2) is 24.3 Å². The van der Waals surface area contributed by atoms with E-state index in [9.17, 15) is 0 Å². The molecule has 0 spiro atoms. The molecule has 0 N–H and O–H groups in total. The molecule has 0 nitrogen and oxygen atoms in total. The van der Waals surface area contributed by atoms with Gasteiger partial charge in [-0.05, 0) is 0 Å². The molecular weight excluding hydrogens is 482 g/mol. The minimum absolute atomic E-state index is 0. The summed E-state index contributed by atoms with van der Waals surface area (Å²) < 4.78 is 0. The summed E-state index contributed by atoms with van der Waals surface area (Å²) in [5, 5.41) is 0. The first-order chi connectivity index (χ1) is 5.00. The van der Waals surface area contributed by atoms with Crippen molar-refractivity contribution in [3.05, 3.63) is 60.7 Å². The zero-order valence-electron chi connectivity index (χ0n) is 7.17. The maximum Gasteiger partial charge on any atom is 2.00 e. The van der Waals surface area contributed by atoms with Gasteiger partial charge < -0.3 is 0 Å². The van der Waals surface area contributed by atoms with Crippen LogP contribution in [0.5, 0.6) is 0 Å². The predicted molar refractivity (Wildman–Crippen MR) is 44.1 cm³/mol. The molecule has 14 heavy (non-hydrogen) atoms. The quantitative estimate of drug-likeness (QED) is 0.392. The summed E-state index contributed by atoms with van der Waals surface area (Å²) in [5.41, 5.74) is 0. The molecule has 2 aromatic carbocycles. The Labute approximate surface area is 134 Å². The van der Waals surface area contributed by atoms with Crippen LogP contribution in [0.1, 0.15) is 0 Å². The molecule has 0 heterocycles. The summed E-state index contributed by atoms with van der Waals surface area (Å²) in [6.45, 7) is 0. The van der Waals surface area contributed by atoms with E-state index in [-0.39, 0.29) is 75.2 Å². The molecule has 0 atom stereocenters. The van der Waals surface area contributed by atoms with E-state index in [1.807, 2.05) is 60.7 Å². The maximum atomic E-state index is 2.00. The molecule has 0 amide bonds. The van der Waals surface area contributed by atoms with Crippen molar-refractivity contribution in [2.24, 2.45) is 0 Å². The van der Waals surface area contributed by atoms with Crippen molar-refractivity contribution >= 4 is 0 Å². The van der Waals surface area contributed by atoms with Crippen molar-refractivity contribution in [1.29, 1.82) is 0 Å². The Morgan fingerprint density at radius 2 is 0.714 bits per heavy atom. The molecule has 0 aliphatic rings. The number of hydrogen-bond donors (Lipinski definition) is 0. The Morgan fingerprint density at radius 3 is 0.786 bits per heavy atom. The van der Waals surface area contributed by atoms with Gasteiger partial charge in [0.05, 0.1) is 0 Å². The fraction of sp³-hybridized carbons (Fsp3) is 0. The minimum atomic E-state index is 0. The van der Waals surface area contributed by atoms with Gasteiger partial charge in [0.25, 0.3) is 0 Å². The van der Waals surface area contributed by atoms with Gasteiger partial charge >= 0.3 is 16.8 Å².